The number of benzene rings is 1. The molecule has 0 aliphatic carbocycles. The molecule has 0 radical (unpaired) electrons. The van der Waals surface area contributed by atoms with Gasteiger partial charge in [0.25, 0.3) is 5.24 Å². The van der Waals surface area contributed by atoms with E-state index in [1.54, 1.807) is 24.5 Å². The topological polar surface area (TPSA) is 42.9 Å². The van der Waals surface area contributed by atoms with Crippen molar-refractivity contribution in [1.29, 1.82) is 0 Å². The predicted molar refractivity (Wildman–Crippen MR) is 57.7 cm³/mol. The molecule has 0 aliphatic rings. The zero-order valence-electron chi connectivity index (χ0n) is 7.72. The lowest BCUT2D eigenvalue weighted by Gasteiger charge is -2.00. The summed E-state index contributed by atoms with van der Waals surface area (Å²) in [5.74, 6) is 0. The van der Waals surface area contributed by atoms with Crippen molar-refractivity contribution in [3.63, 3.8) is 0 Å². The van der Waals surface area contributed by atoms with Gasteiger partial charge in [0.15, 0.2) is 0 Å². The Morgan fingerprint density at radius 1 is 1.00 bits per heavy atom. The lowest BCUT2D eigenvalue weighted by Crippen LogP contribution is -1.88. The molecule has 0 saturated carbocycles. The van der Waals surface area contributed by atoms with Crippen LogP contribution in [0.1, 0.15) is 10.4 Å². The summed E-state index contributed by atoms with van der Waals surface area (Å²) < 4.78 is 0. The van der Waals surface area contributed by atoms with E-state index in [-0.39, 0.29) is 0 Å². The van der Waals surface area contributed by atoms with E-state index in [4.69, 9.17) is 11.6 Å². The summed E-state index contributed by atoms with van der Waals surface area (Å²) in [5, 5.41) is -0.453. The number of carbonyl (C=O) groups is 1. The maximum Gasteiger partial charge on any atom is 0.252 e. The number of rotatable bonds is 2. The summed E-state index contributed by atoms with van der Waals surface area (Å²) in [4.78, 5) is 18.7. The summed E-state index contributed by atoms with van der Waals surface area (Å²) in [6, 6.07) is 6.98. The van der Waals surface area contributed by atoms with Gasteiger partial charge < -0.3 is 0 Å². The summed E-state index contributed by atoms with van der Waals surface area (Å²) in [6.07, 6.45) is 4.90. The van der Waals surface area contributed by atoms with E-state index in [2.05, 4.69) is 9.97 Å². The van der Waals surface area contributed by atoms with Crippen LogP contribution in [0.25, 0.3) is 11.1 Å². The van der Waals surface area contributed by atoms with Gasteiger partial charge >= 0.3 is 0 Å². The van der Waals surface area contributed by atoms with E-state index in [0.717, 1.165) is 11.1 Å². The maximum absolute atomic E-state index is 10.8. The van der Waals surface area contributed by atoms with Crippen molar-refractivity contribution in [2.75, 3.05) is 0 Å². The van der Waals surface area contributed by atoms with Crippen molar-refractivity contribution < 1.29 is 4.79 Å². The van der Waals surface area contributed by atoms with Crippen molar-refractivity contribution in [2.45, 2.75) is 0 Å². The number of nitrogens with zero attached hydrogens (tertiary/aromatic N) is 2. The van der Waals surface area contributed by atoms with Gasteiger partial charge in [-0.3, -0.25) is 4.79 Å². The van der Waals surface area contributed by atoms with Gasteiger partial charge in [-0.25, -0.2) is 9.97 Å². The standard InChI is InChI=1S/C11H7ClN2O/c12-11(15)9-3-1-8(2-4-9)10-5-13-7-14-6-10/h1-7H. The Kier molecular flexibility index (Phi) is 2.74. The van der Waals surface area contributed by atoms with Crippen molar-refractivity contribution in [2.24, 2.45) is 0 Å². The number of carbonyl (C=O) groups excluding carboxylic acids is 1. The fourth-order valence-corrected chi connectivity index (χ4v) is 1.37. The molecular weight excluding hydrogens is 212 g/mol. The minimum absolute atomic E-state index is 0.453. The first-order valence-corrected chi connectivity index (χ1v) is 4.70. The Morgan fingerprint density at radius 3 is 2.13 bits per heavy atom. The molecule has 0 N–H and O–H groups in total. The number of hydrogen-bond acceptors (Lipinski definition) is 3. The lowest BCUT2D eigenvalue weighted by molar-refractivity contribution is 0.108. The van der Waals surface area contributed by atoms with E-state index in [0.29, 0.717) is 5.56 Å². The van der Waals surface area contributed by atoms with Gasteiger partial charge in [-0.1, -0.05) is 12.1 Å². The molecule has 15 heavy (non-hydrogen) atoms. The highest BCUT2D eigenvalue weighted by Gasteiger charge is 2.02. The second-order valence-corrected chi connectivity index (χ2v) is 3.32. The first kappa shape index (κ1) is 9.80. The smallest absolute Gasteiger partial charge is 0.252 e. The van der Waals surface area contributed by atoms with Crippen LogP contribution in [0, 0.1) is 0 Å². The van der Waals surface area contributed by atoms with Gasteiger partial charge in [0.2, 0.25) is 0 Å². The highest BCUT2D eigenvalue weighted by molar-refractivity contribution is 6.67. The summed E-state index contributed by atoms with van der Waals surface area (Å²) in [5.41, 5.74) is 2.35. The van der Waals surface area contributed by atoms with Gasteiger partial charge in [-0.2, -0.15) is 0 Å². The SMILES string of the molecule is O=C(Cl)c1ccc(-c2cncnc2)cc1. The highest BCUT2D eigenvalue weighted by atomic mass is 35.5. The van der Waals surface area contributed by atoms with Crippen LogP contribution < -0.4 is 0 Å². The van der Waals surface area contributed by atoms with Crippen LogP contribution in [-0.4, -0.2) is 15.2 Å². The van der Waals surface area contributed by atoms with Gasteiger partial charge in [0.1, 0.15) is 6.33 Å². The van der Waals surface area contributed by atoms with Crippen LogP contribution >= 0.6 is 11.6 Å². The second-order valence-electron chi connectivity index (χ2n) is 2.98. The van der Waals surface area contributed by atoms with E-state index in [1.807, 2.05) is 12.1 Å². The van der Waals surface area contributed by atoms with Crippen LogP contribution in [0.5, 0.6) is 0 Å². The van der Waals surface area contributed by atoms with Crippen molar-refractivity contribution in [3.8, 4) is 11.1 Å². The Hall–Kier alpha value is -1.74. The third-order valence-electron chi connectivity index (χ3n) is 2.01. The molecular formula is C11H7ClN2O. The number of halogens is 1. The minimum atomic E-state index is -0.453. The Labute approximate surface area is 91.8 Å². The quantitative estimate of drug-likeness (QED) is 0.728. The van der Waals surface area contributed by atoms with Gasteiger partial charge in [-0.15, -0.1) is 0 Å². The minimum Gasteiger partial charge on any atom is -0.276 e. The molecule has 2 aromatic rings. The third kappa shape index (κ3) is 2.19. The summed E-state index contributed by atoms with van der Waals surface area (Å²) >= 11 is 5.34. The molecule has 0 bridgehead atoms. The van der Waals surface area contributed by atoms with Gasteiger partial charge in [-0.05, 0) is 29.3 Å². The monoisotopic (exact) mass is 218 g/mol. The molecule has 0 atom stereocenters. The molecule has 1 heterocycles. The molecule has 0 amide bonds. The van der Waals surface area contributed by atoms with E-state index in [1.165, 1.54) is 6.33 Å². The van der Waals surface area contributed by atoms with Crippen molar-refractivity contribution >= 4 is 16.8 Å². The van der Waals surface area contributed by atoms with Crippen LogP contribution in [0.2, 0.25) is 0 Å². The summed E-state index contributed by atoms with van der Waals surface area (Å²) in [7, 11) is 0. The first-order valence-electron chi connectivity index (χ1n) is 4.32. The average Bonchev–Trinajstić information content (AvgIpc) is 2.30. The second kappa shape index (κ2) is 4.19. The van der Waals surface area contributed by atoms with E-state index >= 15 is 0 Å². The molecule has 0 saturated heterocycles. The fourth-order valence-electron chi connectivity index (χ4n) is 1.24. The van der Waals surface area contributed by atoms with Crippen molar-refractivity contribution in [3.05, 3.63) is 48.5 Å². The van der Waals surface area contributed by atoms with Gasteiger partial charge in [0, 0.05) is 23.5 Å². The van der Waals surface area contributed by atoms with Crippen LogP contribution in [-0.2, 0) is 0 Å². The van der Waals surface area contributed by atoms with Gasteiger partial charge in [0.05, 0.1) is 0 Å². The largest absolute Gasteiger partial charge is 0.276 e. The molecule has 0 unspecified atom stereocenters. The molecule has 4 heteroatoms. The Morgan fingerprint density at radius 2 is 1.60 bits per heavy atom. The molecule has 1 aromatic heterocycles. The number of hydrogen-bond donors (Lipinski definition) is 0. The maximum atomic E-state index is 10.8. The summed E-state index contributed by atoms with van der Waals surface area (Å²) in [6.45, 7) is 0. The van der Waals surface area contributed by atoms with E-state index in [9.17, 15) is 4.79 Å². The zero-order chi connectivity index (χ0) is 10.7. The molecule has 0 fully saturated rings. The Balaban J connectivity index is 2.36. The molecule has 74 valence electrons. The molecule has 3 nitrogen and oxygen atoms in total. The van der Waals surface area contributed by atoms with Crippen LogP contribution in [0.3, 0.4) is 0 Å². The number of aromatic nitrogens is 2. The molecule has 2 rings (SSSR count). The zero-order valence-corrected chi connectivity index (χ0v) is 8.48. The average molecular weight is 219 g/mol. The first-order chi connectivity index (χ1) is 7.27. The fraction of sp³-hybridized carbons (Fsp3) is 0. The molecule has 0 aliphatic heterocycles. The third-order valence-corrected chi connectivity index (χ3v) is 2.22. The molecule has 1 aromatic carbocycles. The Bertz CT molecular complexity index is 468. The predicted octanol–water partition coefficient (Wildman–Crippen LogP) is 2.52. The highest BCUT2D eigenvalue weighted by Crippen LogP contribution is 2.18. The van der Waals surface area contributed by atoms with E-state index < -0.39 is 5.24 Å². The lowest BCUT2D eigenvalue weighted by atomic mass is 10.1. The molecule has 0 spiro atoms. The van der Waals surface area contributed by atoms with Crippen LogP contribution in [0.4, 0.5) is 0 Å². The van der Waals surface area contributed by atoms with Crippen molar-refractivity contribution in [1.82, 2.24) is 9.97 Å². The van der Waals surface area contributed by atoms with Crippen LogP contribution in [0.15, 0.2) is 43.0 Å². The normalized spacial score (nSPS) is 9.93.